The van der Waals surface area contributed by atoms with Crippen LogP contribution >= 0.6 is 0 Å². The molecule has 0 bridgehead atoms. The third-order valence-corrected chi connectivity index (χ3v) is 4.20. The number of methoxy groups -OCH3 is 1. The van der Waals surface area contributed by atoms with Crippen molar-refractivity contribution in [3.05, 3.63) is 17.8 Å². The fourth-order valence-electron chi connectivity index (χ4n) is 1.33. The van der Waals surface area contributed by atoms with Crippen LogP contribution in [0.15, 0.2) is 12.3 Å². The zero-order valence-electron chi connectivity index (χ0n) is 10.8. The molecule has 0 unspecified atom stereocenters. The van der Waals surface area contributed by atoms with E-state index in [-0.39, 0.29) is 29.3 Å². The first-order valence-corrected chi connectivity index (χ1v) is 7.50. The van der Waals surface area contributed by atoms with Crippen LogP contribution in [0.5, 0.6) is 0 Å². The number of carbonyl (C=O) groups excluding carboxylic acids is 1. The lowest BCUT2D eigenvalue weighted by Crippen LogP contribution is -2.18. The van der Waals surface area contributed by atoms with E-state index in [0.29, 0.717) is 5.82 Å². The van der Waals surface area contributed by atoms with Crippen LogP contribution < -0.4 is 11.1 Å². The third-order valence-electron chi connectivity index (χ3n) is 2.50. The topological polar surface area (TPSA) is 111 Å². The lowest BCUT2D eigenvalue weighted by Gasteiger charge is -2.08. The summed E-state index contributed by atoms with van der Waals surface area (Å²) < 4.78 is 27.2. The zero-order valence-corrected chi connectivity index (χ0v) is 11.7. The van der Waals surface area contributed by atoms with Crippen LogP contribution in [0.1, 0.15) is 17.3 Å². The monoisotopic (exact) mass is 287 g/mol. The van der Waals surface area contributed by atoms with Crippen molar-refractivity contribution in [2.45, 2.75) is 6.92 Å². The maximum atomic E-state index is 11.4. The highest BCUT2D eigenvalue weighted by atomic mass is 32.2. The van der Waals surface area contributed by atoms with Gasteiger partial charge >= 0.3 is 5.97 Å². The summed E-state index contributed by atoms with van der Waals surface area (Å²) in [6.07, 6.45) is 1.32. The van der Waals surface area contributed by atoms with Crippen molar-refractivity contribution in [2.75, 3.05) is 36.2 Å². The molecule has 0 spiro atoms. The Balaban J connectivity index is 2.73. The molecule has 0 aliphatic heterocycles. The van der Waals surface area contributed by atoms with Crippen LogP contribution in [0, 0.1) is 0 Å². The Hall–Kier alpha value is -1.83. The highest BCUT2D eigenvalue weighted by molar-refractivity contribution is 7.91. The lowest BCUT2D eigenvalue weighted by molar-refractivity contribution is 0.0602. The Kier molecular flexibility index (Phi) is 5.11. The summed E-state index contributed by atoms with van der Waals surface area (Å²) in [4.78, 5) is 15.4. The molecule has 0 amide bonds. The molecular weight excluding hydrogens is 270 g/mol. The molecule has 0 saturated heterocycles. The molecule has 1 heterocycles. The zero-order chi connectivity index (χ0) is 14.5. The Bertz CT molecular complexity index is 557. The van der Waals surface area contributed by atoms with E-state index in [0.717, 1.165) is 0 Å². The van der Waals surface area contributed by atoms with Gasteiger partial charge in [0, 0.05) is 12.3 Å². The van der Waals surface area contributed by atoms with E-state index in [1.54, 1.807) is 6.92 Å². The largest absolute Gasteiger partial charge is 0.465 e. The van der Waals surface area contributed by atoms with Gasteiger partial charge in [0.15, 0.2) is 9.84 Å². The van der Waals surface area contributed by atoms with Crippen LogP contribution in [0.3, 0.4) is 0 Å². The van der Waals surface area contributed by atoms with Gasteiger partial charge in [-0.1, -0.05) is 6.92 Å². The first-order chi connectivity index (χ1) is 8.89. The average Bonchev–Trinajstić information content (AvgIpc) is 2.39. The number of nitrogens with zero attached hydrogens (tertiary/aromatic N) is 1. The molecule has 0 radical (unpaired) electrons. The van der Waals surface area contributed by atoms with E-state index >= 15 is 0 Å². The van der Waals surface area contributed by atoms with Gasteiger partial charge in [0.2, 0.25) is 0 Å². The number of esters is 1. The first-order valence-electron chi connectivity index (χ1n) is 5.67. The van der Waals surface area contributed by atoms with E-state index in [1.165, 1.54) is 19.4 Å². The molecule has 0 aromatic carbocycles. The van der Waals surface area contributed by atoms with Gasteiger partial charge in [0.1, 0.15) is 5.82 Å². The predicted octanol–water partition coefficient (Wildman–Crippen LogP) is 0.297. The van der Waals surface area contributed by atoms with E-state index in [1.807, 2.05) is 0 Å². The summed E-state index contributed by atoms with van der Waals surface area (Å²) in [6, 6.07) is 1.43. The standard InChI is InChI=1S/C11H17N3O4S/c1-3-19(16,17)5-4-13-10-6-8(11(15)18-2)9(12)7-14-10/h6-7H,3-5,12H2,1-2H3,(H,13,14). The molecular formula is C11H17N3O4S. The van der Waals surface area contributed by atoms with Crippen molar-refractivity contribution in [3.63, 3.8) is 0 Å². The normalized spacial score (nSPS) is 11.1. The van der Waals surface area contributed by atoms with Gasteiger partial charge in [-0.15, -0.1) is 0 Å². The SMILES string of the molecule is CCS(=O)(=O)CCNc1cc(C(=O)OC)c(N)cn1. The number of rotatable bonds is 6. The van der Waals surface area contributed by atoms with E-state index in [4.69, 9.17) is 5.73 Å². The van der Waals surface area contributed by atoms with Crippen molar-refractivity contribution in [1.82, 2.24) is 4.98 Å². The Labute approximate surface area is 112 Å². The number of nitrogens with two attached hydrogens (primary N) is 1. The summed E-state index contributed by atoms with van der Waals surface area (Å²) >= 11 is 0. The number of hydrogen-bond acceptors (Lipinski definition) is 7. The highest BCUT2D eigenvalue weighted by Gasteiger charge is 2.12. The number of carbonyl (C=O) groups is 1. The van der Waals surface area contributed by atoms with Gasteiger partial charge < -0.3 is 15.8 Å². The van der Waals surface area contributed by atoms with Gasteiger partial charge in [-0.05, 0) is 6.07 Å². The molecule has 3 N–H and O–H groups in total. The van der Waals surface area contributed by atoms with Crippen molar-refractivity contribution >= 4 is 27.3 Å². The molecule has 0 fully saturated rings. The molecule has 1 rings (SSSR count). The second-order valence-electron chi connectivity index (χ2n) is 3.81. The predicted molar refractivity (Wildman–Crippen MR) is 72.8 cm³/mol. The van der Waals surface area contributed by atoms with Gasteiger partial charge in [-0.2, -0.15) is 0 Å². The van der Waals surface area contributed by atoms with E-state index in [9.17, 15) is 13.2 Å². The number of anilines is 2. The number of hydrogen-bond donors (Lipinski definition) is 2. The summed E-state index contributed by atoms with van der Waals surface area (Å²) in [5, 5.41) is 2.83. The number of ether oxygens (including phenoxy) is 1. The maximum Gasteiger partial charge on any atom is 0.340 e. The Morgan fingerprint density at radius 2 is 2.21 bits per heavy atom. The molecule has 106 valence electrons. The maximum absolute atomic E-state index is 11.4. The fraction of sp³-hybridized carbons (Fsp3) is 0.455. The summed E-state index contributed by atoms with van der Waals surface area (Å²) in [5.41, 5.74) is 6.00. The molecule has 19 heavy (non-hydrogen) atoms. The average molecular weight is 287 g/mol. The van der Waals surface area contributed by atoms with E-state index < -0.39 is 15.8 Å². The summed E-state index contributed by atoms with van der Waals surface area (Å²) in [7, 11) is -1.78. The minimum absolute atomic E-state index is 0.00309. The van der Waals surface area contributed by atoms with Gasteiger partial charge in [-0.3, -0.25) is 0 Å². The minimum atomic E-state index is -3.04. The smallest absolute Gasteiger partial charge is 0.340 e. The number of pyridine rings is 1. The molecule has 8 heteroatoms. The van der Waals surface area contributed by atoms with Crippen LogP contribution in [0.2, 0.25) is 0 Å². The van der Waals surface area contributed by atoms with Crippen LogP contribution in [-0.2, 0) is 14.6 Å². The first kappa shape index (κ1) is 15.2. The van der Waals surface area contributed by atoms with Crippen molar-refractivity contribution in [1.29, 1.82) is 0 Å². The number of nitrogens with one attached hydrogen (secondary N) is 1. The number of nitrogen functional groups attached to an aromatic ring is 1. The molecule has 0 aliphatic carbocycles. The molecule has 0 aliphatic rings. The molecule has 1 aromatic heterocycles. The van der Waals surface area contributed by atoms with Crippen LogP contribution in [-0.4, -0.2) is 44.5 Å². The molecule has 7 nitrogen and oxygen atoms in total. The minimum Gasteiger partial charge on any atom is -0.465 e. The Morgan fingerprint density at radius 3 is 2.79 bits per heavy atom. The van der Waals surface area contributed by atoms with Crippen molar-refractivity contribution < 1.29 is 17.9 Å². The highest BCUT2D eigenvalue weighted by Crippen LogP contribution is 2.15. The van der Waals surface area contributed by atoms with Gasteiger partial charge in [0.05, 0.1) is 30.3 Å². The van der Waals surface area contributed by atoms with Gasteiger partial charge in [0.25, 0.3) is 0 Å². The third kappa shape index (κ3) is 4.40. The molecule has 1 aromatic rings. The summed E-state index contributed by atoms with van der Waals surface area (Å²) in [6.45, 7) is 1.81. The van der Waals surface area contributed by atoms with Crippen LogP contribution in [0.4, 0.5) is 11.5 Å². The Morgan fingerprint density at radius 1 is 1.53 bits per heavy atom. The van der Waals surface area contributed by atoms with Crippen molar-refractivity contribution in [3.8, 4) is 0 Å². The molecule has 0 saturated carbocycles. The van der Waals surface area contributed by atoms with Crippen LogP contribution in [0.25, 0.3) is 0 Å². The quantitative estimate of drug-likeness (QED) is 0.723. The van der Waals surface area contributed by atoms with Gasteiger partial charge in [-0.25, -0.2) is 18.2 Å². The second-order valence-corrected chi connectivity index (χ2v) is 6.28. The molecule has 0 atom stereocenters. The van der Waals surface area contributed by atoms with Crippen molar-refractivity contribution in [2.24, 2.45) is 0 Å². The van der Waals surface area contributed by atoms with E-state index in [2.05, 4.69) is 15.0 Å². The fourth-order valence-corrected chi connectivity index (χ4v) is 2.03. The lowest BCUT2D eigenvalue weighted by atomic mass is 10.2. The number of sulfone groups is 1. The number of aromatic nitrogens is 1. The second kappa shape index (κ2) is 6.37. The summed E-state index contributed by atoms with van der Waals surface area (Å²) in [5.74, 6) is -0.0922.